The first-order valence-corrected chi connectivity index (χ1v) is 5.33. The van der Waals surface area contributed by atoms with Crippen LogP contribution in [0.3, 0.4) is 0 Å². The summed E-state index contributed by atoms with van der Waals surface area (Å²) in [7, 11) is 1.80. The summed E-state index contributed by atoms with van der Waals surface area (Å²) in [6, 6.07) is 4.92. The average molecular weight is 239 g/mol. The second-order valence-corrected chi connectivity index (χ2v) is 3.99. The number of fused-ring (bicyclic) bond motifs is 1. The molecule has 0 aliphatic carbocycles. The second-order valence-electron chi connectivity index (χ2n) is 3.55. The van der Waals surface area contributed by atoms with Crippen molar-refractivity contribution in [2.75, 3.05) is 25.0 Å². The maximum absolute atomic E-state index is 11.7. The van der Waals surface area contributed by atoms with Crippen LogP contribution in [-0.4, -0.2) is 31.8 Å². The van der Waals surface area contributed by atoms with Gasteiger partial charge in [-0.25, -0.2) is 0 Å². The first kappa shape index (κ1) is 11.1. The van der Waals surface area contributed by atoms with Crippen LogP contribution in [0.1, 0.15) is 10.4 Å². The lowest BCUT2D eigenvalue weighted by molar-refractivity contribution is -0.114. The van der Waals surface area contributed by atoms with Crippen LogP contribution in [0.2, 0.25) is 5.02 Å². The molecule has 0 bridgehead atoms. The Bertz CT molecular complexity index is 459. The van der Waals surface area contributed by atoms with Gasteiger partial charge in [-0.1, -0.05) is 11.6 Å². The Morgan fingerprint density at radius 1 is 1.38 bits per heavy atom. The zero-order valence-corrected chi connectivity index (χ0v) is 9.54. The zero-order valence-electron chi connectivity index (χ0n) is 8.79. The van der Waals surface area contributed by atoms with E-state index in [1.54, 1.807) is 19.2 Å². The number of halogens is 1. The molecule has 0 saturated heterocycles. The van der Waals surface area contributed by atoms with Gasteiger partial charge in [0.1, 0.15) is 0 Å². The van der Waals surface area contributed by atoms with E-state index in [4.69, 9.17) is 11.6 Å². The average Bonchev–Trinajstić information content (AvgIpc) is 2.50. The molecule has 0 fully saturated rings. The maximum atomic E-state index is 11.7. The fourth-order valence-electron chi connectivity index (χ4n) is 1.72. The molecule has 1 aromatic rings. The summed E-state index contributed by atoms with van der Waals surface area (Å²) in [4.78, 5) is 24.8. The van der Waals surface area contributed by atoms with Crippen molar-refractivity contribution in [1.29, 1.82) is 0 Å². The molecule has 84 valence electrons. The summed E-state index contributed by atoms with van der Waals surface area (Å²) in [5.74, 6) is -0.957. The number of hydrogen-bond acceptors (Lipinski definition) is 3. The third-order valence-electron chi connectivity index (χ3n) is 2.52. The van der Waals surface area contributed by atoms with Crippen LogP contribution in [0.4, 0.5) is 5.69 Å². The molecular formula is C11H11ClN2O2. The van der Waals surface area contributed by atoms with Crippen molar-refractivity contribution in [3.63, 3.8) is 0 Å². The van der Waals surface area contributed by atoms with Crippen molar-refractivity contribution >= 4 is 29.0 Å². The van der Waals surface area contributed by atoms with Gasteiger partial charge in [0.15, 0.2) is 0 Å². The molecule has 1 aromatic carbocycles. The monoisotopic (exact) mass is 238 g/mol. The number of anilines is 1. The van der Waals surface area contributed by atoms with Gasteiger partial charge in [0.05, 0.1) is 11.3 Å². The Morgan fingerprint density at radius 2 is 2.12 bits per heavy atom. The maximum Gasteiger partial charge on any atom is 0.299 e. The Hall–Kier alpha value is -1.39. The molecule has 1 aliphatic heterocycles. The topological polar surface area (TPSA) is 49.4 Å². The fraction of sp³-hybridized carbons (Fsp3) is 0.273. The SMILES string of the molecule is CNCCN1C(=O)C(=O)c2cc(Cl)ccc21. The Morgan fingerprint density at radius 3 is 2.81 bits per heavy atom. The predicted octanol–water partition coefficient (Wildman–Crippen LogP) is 1.09. The molecular weight excluding hydrogens is 228 g/mol. The first-order chi connectivity index (χ1) is 7.65. The van der Waals surface area contributed by atoms with Crippen LogP contribution < -0.4 is 10.2 Å². The summed E-state index contributed by atoms with van der Waals surface area (Å²) in [5, 5.41) is 3.41. The number of nitrogens with one attached hydrogen (secondary N) is 1. The third-order valence-corrected chi connectivity index (χ3v) is 2.75. The van der Waals surface area contributed by atoms with Gasteiger partial charge in [-0.05, 0) is 25.2 Å². The van der Waals surface area contributed by atoms with Crippen LogP contribution in [0, 0.1) is 0 Å². The largest absolute Gasteiger partial charge is 0.318 e. The van der Waals surface area contributed by atoms with Crippen LogP contribution in [0.5, 0.6) is 0 Å². The number of amides is 1. The molecule has 16 heavy (non-hydrogen) atoms. The first-order valence-electron chi connectivity index (χ1n) is 4.95. The van der Waals surface area contributed by atoms with E-state index in [-0.39, 0.29) is 0 Å². The number of hydrogen-bond donors (Lipinski definition) is 1. The summed E-state index contributed by atoms with van der Waals surface area (Å²) in [6.45, 7) is 1.12. The van der Waals surface area contributed by atoms with E-state index in [0.717, 1.165) is 0 Å². The highest BCUT2D eigenvalue weighted by Crippen LogP contribution is 2.30. The van der Waals surface area contributed by atoms with Crippen LogP contribution in [0.25, 0.3) is 0 Å². The van der Waals surface area contributed by atoms with E-state index in [9.17, 15) is 9.59 Å². The molecule has 1 amide bonds. The lowest BCUT2D eigenvalue weighted by Crippen LogP contribution is -2.35. The number of rotatable bonds is 3. The highest BCUT2D eigenvalue weighted by molar-refractivity contribution is 6.52. The molecule has 4 nitrogen and oxygen atoms in total. The number of benzene rings is 1. The van der Waals surface area contributed by atoms with E-state index in [1.165, 1.54) is 11.0 Å². The number of likely N-dealkylation sites (N-methyl/N-ethyl adjacent to an activating group) is 1. The molecule has 0 saturated carbocycles. The van der Waals surface area contributed by atoms with Gasteiger partial charge in [0.2, 0.25) is 0 Å². The van der Waals surface area contributed by atoms with Gasteiger partial charge in [-0.3, -0.25) is 9.59 Å². The predicted molar refractivity (Wildman–Crippen MR) is 62.1 cm³/mol. The molecule has 5 heteroatoms. The normalized spacial score (nSPS) is 14.5. The van der Waals surface area contributed by atoms with E-state index in [0.29, 0.717) is 29.4 Å². The molecule has 0 radical (unpaired) electrons. The number of carbonyl (C=O) groups is 2. The summed E-state index contributed by atoms with van der Waals surface area (Å²) < 4.78 is 0. The van der Waals surface area contributed by atoms with Gasteiger partial charge < -0.3 is 10.2 Å². The van der Waals surface area contributed by atoms with Gasteiger partial charge >= 0.3 is 0 Å². The molecule has 0 atom stereocenters. The summed E-state index contributed by atoms with van der Waals surface area (Å²) in [6.07, 6.45) is 0. The molecule has 0 aromatic heterocycles. The second kappa shape index (κ2) is 4.23. The van der Waals surface area contributed by atoms with Crippen LogP contribution >= 0.6 is 11.6 Å². The summed E-state index contributed by atoms with van der Waals surface area (Å²) in [5.41, 5.74) is 1.04. The van der Waals surface area contributed by atoms with Gasteiger partial charge in [0.25, 0.3) is 11.7 Å². The minimum atomic E-state index is -0.479. The van der Waals surface area contributed by atoms with Crippen molar-refractivity contribution in [2.24, 2.45) is 0 Å². The van der Waals surface area contributed by atoms with Crippen LogP contribution in [-0.2, 0) is 4.79 Å². The Labute approximate surface area is 98.2 Å². The van der Waals surface area contributed by atoms with Gasteiger partial charge in [-0.15, -0.1) is 0 Å². The molecule has 2 rings (SSSR count). The van der Waals surface area contributed by atoms with Crippen molar-refractivity contribution < 1.29 is 9.59 Å². The van der Waals surface area contributed by atoms with Crippen LogP contribution in [0.15, 0.2) is 18.2 Å². The molecule has 0 unspecified atom stereocenters. The van der Waals surface area contributed by atoms with Crippen molar-refractivity contribution in [2.45, 2.75) is 0 Å². The number of nitrogens with zero attached hydrogens (tertiary/aromatic N) is 1. The molecule has 1 aliphatic rings. The van der Waals surface area contributed by atoms with E-state index < -0.39 is 11.7 Å². The summed E-state index contributed by atoms with van der Waals surface area (Å²) >= 11 is 5.79. The standard InChI is InChI=1S/C11H11ClN2O2/c1-13-4-5-14-9-3-2-7(12)6-8(9)10(15)11(14)16/h2-3,6,13H,4-5H2,1H3. The minimum Gasteiger partial charge on any atom is -0.318 e. The lowest BCUT2D eigenvalue weighted by Gasteiger charge is -2.15. The van der Waals surface area contributed by atoms with E-state index in [1.807, 2.05) is 0 Å². The highest BCUT2D eigenvalue weighted by atomic mass is 35.5. The lowest BCUT2D eigenvalue weighted by atomic mass is 10.1. The zero-order chi connectivity index (χ0) is 11.7. The minimum absolute atomic E-state index is 0.397. The molecule has 0 spiro atoms. The van der Waals surface area contributed by atoms with E-state index in [2.05, 4.69) is 5.32 Å². The van der Waals surface area contributed by atoms with Crippen molar-refractivity contribution in [3.8, 4) is 0 Å². The quantitative estimate of drug-likeness (QED) is 0.802. The smallest absolute Gasteiger partial charge is 0.299 e. The number of ketones is 1. The number of Topliss-reactive ketones (excluding diaryl/α,β-unsaturated/α-hetero) is 1. The third kappa shape index (κ3) is 1.70. The highest BCUT2D eigenvalue weighted by Gasteiger charge is 2.35. The Kier molecular flexibility index (Phi) is 2.94. The molecule has 1 N–H and O–H groups in total. The van der Waals surface area contributed by atoms with Crippen molar-refractivity contribution in [3.05, 3.63) is 28.8 Å². The van der Waals surface area contributed by atoms with Crippen molar-refractivity contribution in [1.82, 2.24) is 5.32 Å². The fourth-order valence-corrected chi connectivity index (χ4v) is 1.89. The number of carbonyl (C=O) groups excluding carboxylic acids is 2. The molecule has 1 heterocycles. The van der Waals surface area contributed by atoms with Gasteiger partial charge in [-0.2, -0.15) is 0 Å². The Balaban J connectivity index is 2.38. The van der Waals surface area contributed by atoms with Gasteiger partial charge in [0, 0.05) is 18.1 Å². The van der Waals surface area contributed by atoms with E-state index >= 15 is 0 Å².